The average molecular weight is 283 g/mol. The summed E-state index contributed by atoms with van der Waals surface area (Å²) in [7, 11) is 0. The van der Waals surface area contributed by atoms with E-state index in [1.807, 2.05) is 0 Å². The van der Waals surface area contributed by atoms with E-state index < -0.39 is 0 Å². The number of fused-ring (bicyclic) bond motifs is 2. The number of rotatable bonds is 1. The summed E-state index contributed by atoms with van der Waals surface area (Å²) < 4.78 is 0. The lowest BCUT2D eigenvalue weighted by atomic mass is 9.66. The van der Waals surface area contributed by atoms with Crippen LogP contribution in [0.4, 0.5) is 0 Å². The highest BCUT2D eigenvalue weighted by atomic mass is 16.7. The van der Waals surface area contributed by atoms with Gasteiger partial charge in [-0.2, -0.15) is 0 Å². The minimum Gasteiger partial charge on any atom is -0.405 e. The summed E-state index contributed by atoms with van der Waals surface area (Å²) in [5, 5.41) is 2.29. The Kier molecular flexibility index (Phi) is 3.50. The molecule has 0 unspecified atom stereocenters. The largest absolute Gasteiger partial charge is 0.405 e. The first kappa shape index (κ1) is 13.4. The van der Waals surface area contributed by atoms with Crippen LogP contribution in [-0.2, 0) is 4.84 Å². The molecule has 3 aliphatic rings. The highest BCUT2D eigenvalue weighted by Gasteiger charge is 2.46. The van der Waals surface area contributed by atoms with Crippen LogP contribution in [0.2, 0.25) is 0 Å². The molecule has 1 aromatic rings. The highest BCUT2D eigenvalue weighted by Crippen LogP contribution is 2.50. The molecule has 0 aromatic heterocycles. The predicted molar refractivity (Wildman–Crippen MR) is 85.4 cm³/mol. The predicted octanol–water partition coefficient (Wildman–Crippen LogP) is 4.78. The molecule has 112 valence electrons. The lowest BCUT2D eigenvalue weighted by molar-refractivity contribution is -0.122. The molecule has 2 fully saturated rings. The van der Waals surface area contributed by atoms with Crippen LogP contribution in [0.15, 0.2) is 36.4 Å². The van der Waals surface area contributed by atoms with Gasteiger partial charge in [-0.3, -0.25) is 0 Å². The number of benzene rings is 1. The molecule has 1 spiro atoms. The third-order valence-corrected chi connectivity index (χ3v) is 5.67. The molecule has 21 heavy (non-hydrogen) atoms. The van der Waals surface area contributed by atoms with E-state index in [2.05, 4.69) is 41.5 Å². The lowest BCUT2D eigenvalue weighted by Gasteiger charge is -2.42. The van der Waals surface area contributed by atoms with Crippen LogP contribution in [0.3, 0.4) is 0 Å². The number of hydrogen-bond donors (Lipinski definition) is 0. The van der Waals surface area contributed by atoms with Crippen molar-refractivity contribution in [2.45, 2.75) is 57.4 Å². The molecular formula is C19H25NO. The van der Waals surface area contributed by atoms with E-state index in [1.54, 1.807) is 0 Å². The maximum absolute atomic E-state index is 6.25. The summed E-state index contributed by atoms with van der Waals surface area (Å²) in [6.07, 6.45) is 13.4. The van der Waals surface area contributed by atoms with E-state index >= 15 is 0 Å². The summed E-state index contributed by atoms with van der Waals surface area (Å²) >= 11 is 0. The summed E-state index contributed by atoms with van der Waals surface area (Å²) in [5.41, 5.74) is 1.70. The Hall–Kier alpha value is -1.28. The second kappa shape index (κ2) is 5.49. The molecule has 1 saturated carbocycles. The van der Waals surface area contributed by atoms with Gasteiger partial charge in [0.05, 0.1) is 6.04 Å². The van der Waals surface area contributed by atoms with Crippen molar-refractivity contribution in [3.63, 3.8) is 0 Å². The van der Waals surface area contributed by atoms with E-state index in [4.69, 9.17) is 4.84 Å². The Labute approximate surface area is 127 Å². The van der Waals surface area contributed by atoms with Gasteiger partial charge in [0.2, 0.25) is 0 Å². The first-order chi connectivity index (χ1) is 10.4. The average Bonchev–Trinajstić information content (AvgIpc) is 2.92. The summed E-state index contributed by atoms with van der Waals surface area (Å²) in [6.45, 7) is 1.08. The fourth-order valence-corrected chi connectivity index (χ4v) is 4.55. The molecule has 0 amide bonds. The van der Waals surface area contributed by atoms with Gasteiger partial charge in [-0.25, -0.2) is 0 Å². The maximum Gasteiger partial charge on any atom is 0.152 e. The zero-order valence-electron chi connectivity index (χ0n) is 12.8. The van der Waals surface area contributed by atoms with E-state index in [-0.39, 0.29) is 0 Å². The molecule has 2 nitrogen and oxygen atoms in total. The van der Waals surface area contributed by atoms with Gasteiger partial charge in [-0.05, 0) is 37.2 Å². The molecule has 2 heterocycles. The van der Waals surface area contributed by atoms with Crippen LogP contribution in [-0.4, -0.2) is 17.6 Å². The quantitative estimate of drug-likeness (QED) is 0.735. The minimum absolute atomic E-state index is 0.477. The van der Waals surface area contributed by atoms with Crippen molar-refractivity contribution in [2.75, 3.05) is 6.54 Å². The van der Waals surface area contributed by atoms with Crippen molar-refractivity contribution in [3.8, 4) is 0 Å². The Morgan fingerprint density at radius 2 is 1.62 bits per heavy atom. The normalized spacial score (nSPS) is 28.6. The Bertz CT molecular complexity index is 516. The fourth-order valence-electron chi connectivity index (χ4n) is 4.55. The smallest absolute Gasteiger partial charge is 0.152 e. The second-order valence-electron chi connectivity index (χ2n) is 6.95. The van der Waals surface area contributed by atoms with Gasteiger partial charge in [0.25, 0.3) is 0 Å². The first-order valence-corrected chi connectivity index (χ1v) is 8.59. The van der Waals surface area contributed by atoms with E-state index in [0.717, 1.165) is 12.3 Å². The molecular weight excluding hydrogens is 258 g/mol. The maximum atomic E-state index is 6.25. The Morgan fingerprint density at radius 3 is 2.38 bits per heavy atom. The third-order valence-electron chi connectivity index (χ3n) is 5.67. The van der Waals surface area contributed by atoms with E-state index in [1.165, 1.54) is 56.9 Å². The first-order valence-electron chi connectivity index (χ1n) is 8.59. The molecule has 0 bridgehead atoms. The van der Waals surface area contributed by atoms with Gasteiger partial charge in [0, 0.05) is 12.1 Å². The molecule has 0 radical (unpaired) electrons. The molecule has 4 rings (SSSR count). The van der Waals surface area contributed by atoms with Gasteiger partial charge in [0.1, 0.15) is 0 Å². The fraction of sp³-hybridized carbons (Fsp3) is 0.579. The zero-order valence-corrected chi connectivity index (χ0v) is 12.8. The minimum atomic E-state index is 0.477. The van der Waals surface area contributed by atoms with Gasteiger partial charge in [0.15, 0.2) is 5.76 Å². The van der Waals surface area contributed by atoms with E-state index in [9.17, 15) is 0 Å². The van der Waals surface area contributed by atoms with Gasteiger partial charge >= 0.3 is 0 Å². The number of nitrogens with zero attached hydrogens (tertiary/aromatic N) is 1. The molecule has 0 N–H and O–H groups in total. The van der Waals surface area contributed by atoms with Crippen molar-refractivity contribution < 1.29 is 4.84 Å². The SMILES string of the molecule is C1=C(c2ccccc2)ON2CCCCC3(CCCCC3)[C@@H]12. The summed E-state index contributed by atoms with van der Waals surface area (Å²) in [6, 6.07) is 11.1. The molecule has 1 saturated heterocycles. The van der Waals surface area contributed by atoms with Crippen molar-refractivity contribution >= 4 is 5.76 Å². The third kappa shape index (κ3) is 2.40. The van der Waals surface area contributed by atoms with Gasteiger partial charge in [-0.1, -0.05) is 56.0 Å². The van der Waals surface area contributed by atoms with Crippen LogP contribution in [0.25, 0.3) is 5.76 Å². The lowest BCUT2D eigenvalue weighted by Crippen LogP contribution is -2.43. The van der Waals surface area contributed by atoms with Crippen LogP contribution >= 0.6 is 0 Å². The topological polar surface area (TPSA) is 12.5 Å². The van der Waals surface area contributed by atoms with Crippen molar-refractivity contribution in [1.82, 2.24) is 5.06 Å². The summed E-state index contributed by atoms with van der Waals surface area (Å²) in [4.78, 5) is 6.25. The summed E-state index contributed by atoms with van der Waals surface area (Å²) in [5.74, 6) is 1.08. The monoisotopic (exact) mass is 283 g/mol. The van der Waals surface area contributed by atoms with Crippen LogP contribution in [0.1, 0.15) is 56.9 Å². The molecule has 1 aliphatic carbocycles. The van der Waals surface area contributed by atoms with Crippen LogP contribution < -0.4 is 0 Å². The van der Waals surface area contributed by atoms with Crippen molar-refractivity contribution in [2.24, 2.45) is 5.41 Å². The van der Waals surface area contributed by atoms with Crippen LogP contribution in [0.5, 0.6) is 0 Å². The molecule has 1 aromatic carbocycles. The zero-order chi connectivity index (χ0) is 14.1. The van der Waals surface area contributed by atoms with Gasteiger partial charge in [-0.15, -0.1) is 5.06 Å². The van der Waals surface area contributed by atoms with Crippen LogP contribution in [0, 0.1) is 5.41 Å². The van der Waals surface area contributed by atoms with Crippen molar-refractivity contribution in [1.29, 1.82) is 0 Å². The van der Waals surface area contributed by atoms with Crippen molar-refractivity contribution in [3.05, 3.63) is 42.0 Å². The van der Waals surface area contributed by atoms with Gasteiger partial charge < -0.3 is 4.84 Å². The highest BCUT2D eigenvalue weighted by molar-refractivity contribution is 5.61. The molecule has 2 aliphatic heterocycles. The Morgan fingerprint density at radius 1 is 0.905 bits per heavy atom. The number of hydroxylamine groups is 2. The second-order valence-corrected chi connectivity index (χ2v) is 6.95. The standard InChI is InChI=1S/C19H25NO/c1-3-9-16(10-4-1)17-15-18-19(11-5-2-6-12-19)13-7-8-14-20(18)21-17/h1,3-4,9-10,15,18H,2,5-8,11-14H2/t18-/m1/s1. The molecule has 1 atom stereocenters. The van der Waals surface area contributed by atoms with E-state index in [0.29, 0.717) is 11.5 Å². The Balaban J connectivity index is 1.67. The molecule has 2 heteroatoms. The number of hydrogen-bond acceptors (Lipinski definition) is 2.